The first kappa shape index (κ1) is 17.7. The van der Waals surface area contributed by atoms with Gasteiger partial charge in [-0.2, -0.15) is 5.10 Å². The van der Waals surface area contributed by atoms with E-state index < -0.39 is 12.1 Å². The van der Waals surface area contributed by atoms with Crippen molar-refractivity contribution in [2.45, 2.75) is 19.4 Å². The fraction of sp³-hybridized carbons (Fsp3) is 0.250. The van der Waals surface area contributed by atoms with Crippen LogP contribution in [0, 0.1) is 0 Å². The monoisotopic (exact) mass is 352 g/mol. The number of rotatable bonds is 6. The molecule has 0 saturated heterocycles. The van der Waals surface area contributed by atoms with E-state index in [4.69, 9.17) is 9.47 Å². The molecule has 0 N–H and O–H groups in total. The second-order valence-electron chi connectivity index (χ2n) is 5.86. The minimum atomic E-state index is -0.799. The number of benzene rings is 2. The molecule has 1 aliphatic rings. The van der Waals surface area contributed by atoms with Gasteiger partial charge in [-0.1, -0.05) is 48.5 Å². The third-order valence-electron chi connectivity index (χ3n) is 3.92. The first-order chi connectivity index (χ1) is 12.6. The summed E-state index contributed by atoms with van der Waals surface area (Å²) in [7, 11) is 0. The number of hydrazone groups is 1. The Morgan fingerprint density at radius 3 is 2.42 bits per heavy atom. The second-order valence-corrected chi connectivity index (χ2v) is 5.86. The molecule has 0 saturated carbocycles. The van der Waals surface area contributed by atoms with Crippen LogP contribution < -0.4 is 4.74 Å². The molecule has 1 aliphatic heterocycles. The Bertz CT molecular complexity index is 790. The Kier molecular flexibility index (Phi) is 5.63. The predicted molar refractivity (Wildman–Crippen MR) is 96.8 cm³/mol. The van der Waals surface area contributed by atoms with Crippen molar-refractivity contribution in [2.75, 3.05) is 13.2 Å². The zero-order valence-corrected chi connectivity index (χ0v) is 14.5. The van der Waals surface area contributed by atoms with Crippen LogP contribution in [0.4, 0.5) is 0 Å². The number of esters is 1. The molecule has 0 bridgehead atoms. The normalized spacial score (nSPS) is 14.5. The van der Waals surface area contributed by atoms with Crippen LogP contribution in [0.3, 0.4) is 0 Å². The van der Waals surface area contributed by atoms with Gasteiger partial charge in [-0.05, 0) is 24.6 Å². The summed E-state index contributed by atoms with van der Waals surface area (Å²) in [6.07, 6.45) is -0.121. The van der Waals surface area contributed by atoms with Gasteiger partial charge in [0.05, 0.1) is 12.3 Å². The Labute approximate surface area is 152 Å². The summed E-state index contributed by atoms with van der Waals surface area (Å²) in [6.45, 7) is 1.71. The van der Waals surface area contributed by atoms with Crippen LogP contribution in [0.2, 0.25) is 0 Å². The van der Waals surface area contributed by atoms with E-state index in [0.29, 0.717) is 18.7 Å². The molecule has 1 amide bonds. The summed E-state index contributed by atoms with van der Waals surface area (Å²) < 4.78 is 10.5. The number of ether oxygens (including phenoxy) is 2. The summed E-state index contributed by atoms with van der Waals surface area (Å²) in [5, 5.41) is 5.67. The fourth-order valence-electron chi connectivity index (χ4n) is 2.55. The molecule has 134 valence electrons. The molecule has 6 nitrogen and oxygen atoms in total. The van der Waals surface area contributed by atoms with E-state index >= 15 is 0 Å². The van der Waals surface area contributed by atoms with Crippen LogP contribution in [-0.2, 0) is 14.3 Å². The van der Waals surface area contributed by atoms with E-state index in [1.165, 1.54) is 5.01 Å². The highest BCUT2D eigenvalue weighted by Crippen LogP contribution is 2.14. The standard InChI is InChI=1S/C20H20N2O4/c1-15(26-17-10-6-3-7-11-17)20(24)25-14-19(23)22-13-12-18(21-22)16-8-4-2-5-9-16/h2-11,15H,12-14H2,1H3/t15-/m1/s1. The van der Waals surface area contributed by atoms with Crippen molar-refractivity contribution in [3.63, 3.8) is 0 Å². The van der Waals surface area contributed by atoms with E-state index in [-0.39, 0.29) is 12.5 Å². The smallest absolute Gasteiger partial charge is 0.347 e. The molecule has 1 heterocycles. The van der Waals surface area contributed by atoms with Crippen molar-refractivity contribution in [1.82, 2.24) is 5.01 Å². The van der Waals surface area contributed by atoms with Crippen LogP contribution in [0.5, 0.6) is 5.75 Å². The van der Waals surface area contributed by atoms with Crippen LogP contribution in [0.25, 0.3) is 0 Å². The first-order valence-corrected chi connectivity index (χ1v) is 8.45. The second kappa shape index (κ2) is 8.29. The van der Waals surface area contributed by atoms with Crippen molar-refractivity contribution in [3.8, 4) is 5.75 Å². The Morgan fingerprint density at radius 2 is 1.73 bits per heavy atom. The van der Waals surface area contributed by atoms with Gasteiger partial charge in [0.15, 0.2) is 12.7 Å². The van der Waals surface area contributed by atoms with E-state index in [0.717, 1.165) is 11.3 Å². The molecule has 0 spiro atoms. The van der Waals surface area contributed by atoms with Gasteiger partial charge in [0.2, 0.25) is 0 Å². The molecule has 1 atom stereocenters. The predicted octanol–water partition coefficient (Wildman–Crippen LogP) is 2.63. The van der Waals surface area contributed by atoms with Gasteiger partial charge >= 0.3 is 5.97 Å². The van der Waals surface area contributed by atoms with Crippen LogP contribution in [0.15, 0.2) is 65.8 Å². The quantitative estimate of drug-likeness (QED) is 0.750. The maximum Gasteiger partial charge on any atom is 0.347 e. The molecule has 0 aliphatic carbocycles. The van der Waals surface area contributed by atoms with Crippen molar-refractivity contribution >= 4 is 17.6 Å². The molecular formula is C20H20N2O4. The molecule has 0 aromatic heterocycles. The zero-order chi connectivity index (χ0) is 18.4. The van der Waals surface area contributed by atoms with Crippen LogP contribution in [0.1, 0.15) is 18.9 Å². The van der Waals surface area contributed by atoms with Gasteiger partial charge in [-0.25, -0.2) is 9.80 Å². The van der Waals surface area contributed by atoms with E-state index in [1.807, 2.05) is 48.5 Å². The van der Waals surface area contributed by atoms with Gasteiger partial charge in [0.1, 0.15) is 5.75 Å². The van der Waals surface area contributed by atoms with Crippen LogP contribution >= 0.6 is 0 Å². The average Bonchev–Trinajstić information content (AvgIpc) is 3.17. The molecule has 2 aromatic rings. The summed E-state index contributed by atoms with van der Waals surface area (Å²) in [5.74, 6) is -0.371. The first-order valence-electron chi connectivity index (χ1n) is 8.45. The maximum atomic E-state index is 12.2. The van der Waals surface area contributed by atoms with E-state index in [9.17, 15) is 9.59 Å². The highest BCUT2D eigenvalue weighted by Gasteiger charge is 2.24. The van der Waals surface area contributed by atoms with E-state index in [2.05, 4.69) is 5.10 Å². The lowest BCUT2D eigenvalue weighted by Crippen LogP contribution is -2.32. The highest BCUT2D eigenvalue weighted by atomic mass is 16.6. The van der Waals surface area contributed by atoms with Crippen molar-refractivity contribution in [1.29, 1.82) is 0 Å². The lowest BCUT2D eigenvalue weighted by atomic mass is 10.1. The minimum absolute atomic E-state index is 0.351. The van der Waals surface area contributed by atoms with Gasteiger partial charge in [-0.15, -0.1) is 0 Å². The van der Waals surface area contributed by atoms with Gasteiger partial charge in [-0.3, -0.25) is 4.79 Å². The highest BCUT2D eigenvalue weighted by molar-refractivity contribution is 6.02. The lowest BCUT2D eigenvalue weighted by molar-refractivity contribution is -0.157. The summed E-state index contributed by atoms with van der Waals surface area (Å²) in [5.41, 5.74) is 1.84. The largest absolute Gasteiger partial charge is 0.479 e. The minimum Gasteiger partial charge on any atom is -0.479 e. The zero-order valence-electron chi connectivity index (χ0n) is 14.5. The molecule has 0 fully saturated rings. The van der Waals surface area contributed by atoms with Gasteiger partial charge in [0.25, 0.3) is 5.91 Å². The number of amides is 1. The Balaban J connectivity index is 1.49. The van der Waals surface area contributed by atoms with Crippen molar-refractivity contribution in [3.05, 3.63) is 66.2 Å². The maximum absolute atomic E-state index is 12.2. The lowest BCUT2D eigenvalue weighted by Gasteiger charge is -2.15. The molecule has 3 rings (SSSR count). The summed E-state index contributed by atoms with van der Waals surface area (Å²) in [4.78, 5) is 24.2. The molecule has 0 radical (unpaired) electrons. The molecule has 6 heteroatoms. The van der Waals surface area contributed by atoms with E-state index in [1.54, 1.807) is 19.1 Å². The number of nitrogens with zero attached hydrogens (tertiary/aromatic N) is 2. The topological polar surface area (TPSA) is 68.2 Å². The molecule has 2 aromatic carbocycles. The fourth-order valence-corrected chi connectivity index (χ4v) is 2.55. The van der Waals surface area contributed by atoms with Crippen LogP contribution in [-0.4, -0.2) is 41.9 Å². The third-order valence-corrected chi connectivity index (χ3v) is 3.92. The molecule has 26 heavy (non-hydrogen) atoms. The van der Waals surface area contributed by atoms with Gasteiger partial charge in [0, 0.05) is 6.42 Å². The number of carbonyl (C=O) groups excluding carboxylic acids is 2. The van der Waals surface area contributed by atoms with Gasteiger partial charge < -0.3 is 9.47 Å². The van der Waals surface area contributed by atoms with Crippen molar-refractivity contribution in [2.24, 2.45) is 5.10 Å². The average molecular weight is 352 g/mol. The Hall–Kier alpha value is -3.15. The number of carbonyl (C=O) groups is 2. The third kappa shape index (κ3) is 4.47. The number of hydrogen-bond acceptors (Lipinski definition) is 5. The SMILES string of the molecule is C[C@@H](Oc1ccccc1)C(=O)OCC(=O)N1CCC(c2ccccc2)=N1. The van der Waals surface area contributed by atoms with Crippen molar-refractivity contribution < 1.29 is 19.1 Å². The molecule has 0 unspecified atom stereocenters. The Morgan fingerprint density at radius 1 is 1.08 bits per heavy atom. The summed E-state index contributed by atoms with van der Waals surface area (Å²) >= 11 is 0. The summed E-state index contributed by atoms with van der Waals surface area (Å²) in [6, 6.07) is 18.7. The number of para-hydroxylation sites is 1. The molecular weight excluding hydrogens is 332 g/mol. The number of hydrogen-bond donors (Lipinski definition) is 0.